The number of aryl methyl sites for hydroxylation is 1. The molecule has 0 atom stereocenters. The van der Waals surface area contributed by atoms with Gasteiger partial charge in [0.25, 0.3) is 0 Å². The highest BCUT2D eigenvalue weighted by Gasteiger charge is 2.12. The molecule has 0 spiro atoms. The first-order chi connectivity index (χ1) is 7.27. The summed E-state index contributed by atoms with van der Waals surface area (Å²) >= 11 is 0. The highest BCUT2D eigenvalue weighted by Crippen LogP contribution is 2.22. The maximum absolute atomic E-state index is 9.43. The topological polar surface area (TPSA) is 20.3 Å². The van der Waals surface area contributed by atoms with Crippen molar-refractivity contribution in [2.75, 3.05) is 14.1 Å². The summed E-state index contributed by atoms with van der Waals surface area (Å²) in [6.45, 7) is 8.85. The van der Waals surface area contributed by atoms with Crippen molar-refractivity contribution in [2.45, 2.75) is 33.1 Å². The Bertz CT molecular complexity index is 324. The molecule has 0 unspecified atom stereocenters. The predicted octanol–water partition coefficient (Wildman–Crippen LogP) is 3.00. The quantitative estimate of drug-likeness (QED) is 0.668. The van der Waals surface area contributed by atoms with Crippen molar-refractivity contribution in [3.63, 3.8) is 0 Å². The third kappa shape index (κ3) is 6.23. The van der Waals surface area contributed by atoms with E-state index >= 15 is 0 Å². The molecule has 0 bridgehead atoms. The third-order valence-corrected chi connectivity index (χ3v) is 2.09. The zero-order valence-electron chi connectivity index (χ0n) is 11.2. The van der Waals surface area contributed by atoms with Gasteiger partial charge < -0.3 is 4.90 Å². The summed E-state index contributed by atoms with van der Waals surface area (Å²) in [6.07, 6.45) is 0.750. The van der Waals surface area contributed by atoms with Crippen molar-refractivity contribution in [1.82, 2.24) is 4.90 Å². The Hall–Kier alpha value is -1.31. The van der Waals surface area contributed by atoms with Crippen LogP contribution in [-0.2, 0) is 10.2 Å². The Labute approximate surface area is 99.3 Å². The molecule has 1 rings (SSSR count). The summed E-state index contributed by atoms with van der Waals surface area (Å²) in [4.78, 5) is 10.9. The monoisotopic (exact) mass is 221 g/mol. The van der Waals surface area contributed by atoms with E-state index in [4.69, 9.17) is 0 Å². The van der Waals surface area contributed by atoms with Gasteiger partial charge in [-0.1, -0.05) is 50.6 Å². The zero-order valence-corrected chi connectivity index (χ0v) is 11.2. The van der Waals surface area contributed by atoms with Crippen LogP contribution < -0.4 is 0 Å². The zero-order chi connectivity index (χ0) is 12.8. The Morgan fingerprint density at radius 3 is 1.94 bits per heavy atom. The Morgan fingerprint density at radius 2 is 1.69 bits per heavy atom. The molecule has 2 nitrogen and oxygen atoms in total. The highest BCUT2D eigenvalue weighted by molar-refractivity contribution is 5.45. The van der Waals surface area contributed by atoms with Gasteiger partial charge in [0, 0.05) is 14.1 Å². The summed E-state index contributed by atoms with van der Waals surface area (Å²) < 4.78 is 0. The van der Waals surface area contributed by atoms with Crippen LogP contribution in [0.2, 0.25) is 0 Å². The molecular formula is C14H23NO. The molecule has 0 N–H and O–H groups in total. The van der Waals surface area contributed by atoms with Gasteiger partial charge in [-0.2, -0.15) is 0 Å². The predicted molar refractivity (Wildman–Crippen MR) is 69.6 cm³/mol. The van der Waals surface area contributed by atoms with E-state index in [0.29, 0.717) is 0 Å². The summed E-state index contributed by atoms with van der Waals surface area (Å²) in [5.74, 6) is 0. The number of hydrogen-bond donors (Lipinski definition) is 0. The molecule has 0 aromatic heterocycles. The van der Waals surface area contributed by atoms with Gasteiger partial charge in [0.15, 0.2) is 0 Å². The SMILES string of the molecule is CN(C)C=O.Cc1cccc(C(C)(C)C)c1. The minimum Gasteiger partial charge on any atom is -0.351 e. The van der Waals surface area contributed by atoms with Gasteiger partial charge in [-0.05, 0) is 17.9 Å². The average Bonchev–Trinajstić information content (AvgIpc) is 2.17. The molecule has 1 aromatic rings. The molecule has 1 amide bonds. The smallest absolute Gasteiger partial charge is 0.209 e. The third-order valence-electron chi connectivity index (χ3n) is 2.09. The van der Waals surface area contributed by atoms with Crippen molar-refractivity contribution < 1.29 is 4.79 Å². The van der Waals surface area contributed by atoms with Crippen LogP contribution in [0, 0.1) is 6.92 Å². The lowest BCUT2D eigenvalue weighted by Crippen LogP contribution is -2.10. The molecule has 0 saturated carbocycles. The first kappa shape index (κ1) is 14.7. The summed E-state index contributed by atoms with van der Waals surface area (Å²) in [5, 5.41) is 0. The van der Waals surface area contributed by atoms with Gasteiger partial charge in [-0.3, -0.25) is 4.79 Å². The minimum absolute atomic E-state index is 0.284. The second kappa shape index (κ2) is 6.31. The molecule has 16 heavy (non-hydrogen) atoms. The largest absolute Gasteiger partial charge is 0.351 e. The number of carbonyl (C=O) groups excluding carboxylic acids is 1. The standard InChI is InChI=1S/C11H16.C3H7NO/c1-9-6-5-7-10(8-9)11(2,3)4;1-4(2)3-5/h5-8H,1-4H3;3H,1-2H3. The van der Waals surface area contributed by atoms with Crippen LogP contribution in [0.3, 0.4) is 0 Å². The fraction of sp³-hybridized carbons (Fsp3) is 0.500. The Balaban J connectivity index is 0.000000385. The van der Waals surface area contributed by atoms with Crippen LogP contribution in [0.5, 0.6) is 0 Å². The Kier molecular flexibility index (Phi) is 5.79. The van der Waals surface area contributed by atoms with E-state index in [1.807, 2.05) is 0 Å². The maximum atomic E-state index is 9.43. The van der Waals surface area contributed by atoms with Gasteiger partial charge in [-0.15, -0.1) is 0 Å². The number of rotatable bonds is 1. The maximum Gasteiger partial charge on any atom is 0.209 e. The van der Waals surface area contributed by atoms with Gasteiger partial charge in [0.2, 0.25) is 6.41 Å². The summed E-state index contributed by atoms with van der Waals surface area (Å²) in [6, 6.07) is 8.69. The molecule has 0 radical (unpaired) electrons. The second-order valence-corrected chi connectivity index (χ2v) is 5.19. The first-order valence-electron chi connectivity index (χ1n) is 5.46. The van der Waals surface area contributed by atoms with E-state index in [9.17, 15) is 4.79 Å². The van der Waals surface area contributed by atoms with Crippen LogP contribution in [0.4, 0.5) is 0 Å². The fourth-order valence-corrected chi connectivity index (χ4v) is 1.11. The van der Waals surface area contributed by atoms with E-state index < -0.39 is 0 Å². The van der Waals surface area contributed by atoms with Crippen molar-refractivity contribution >= 4 is 6.41 Å². The van der Waals surface area contributed by atoms with Crippen LogP contribution in [0.1, 0.15) is 31.9 Å². The number of benzene rings is 1. The lowest BCUT2D eigenvalue weighted by molar-refractivity contribution is -0.115. The molecule has 0 heterocycles. The second-order valence-electron chi connectivity index (χ2n) is 5.19. The van der Waals surface area contributed by atoms with E-state index in [1.54, 1.807) is 14.1 Å². The molecule has 0 aliphatic carbocycles. The lowest BCUT2D eigenvalue weighted by Gasteiger charge is -2.19. The normalized spacial score (nSPS) is 10.1. The van der Waals surface area contributed by atoms with Crippen molar-refractivity contribution in [3.8, 4) is 0 Å². The Morgan fingerprint density at radius 1 is 1.19 bits per heavy atom. The van der Waals surface area contributed by atoms with Crippen LogP contribution in [0.15, 0.2) is 24.3 Å². The van der Waals surface area contributed by atoms with Gasteiger partial charge in [0.05, 0.1) is 0 Å². The van der Waals surface area contributed by atoms with E-state index in [2.05, 4.69) is 52.0 Å². The molecule has 90 valence electrons. The highest BCUT2D eigenvalue weighted by atomic mass is 16.1. The molecule has 0 fully saturated rings. The number of carbonyl (C=O) groups is 1. The molecule has 1 aromatic carbocycles. The van der Waals surface area contributed by atoms with Crippen LogP contribution in [-0.4, -0.2) is 25.4 Å². The minimum atomic E-state index is 0.284. The van der Waals surface area contributed by atoms with Crippen molar-refractivity contribution in [2.24, 2.45) is 0 Å². The average molecular weight is 221 g/mol. The number of nitrogens with zero attached hydrogens (tertiary/aromatic N) is 1. The van der Waals surface area contributed by atoms with Crippen LogP contribution >= 0.6 is 0 Å². The summed E-state index contributed by atoms with van der Waals surface area (Å²) in [7, 11) is 3.38. The fourth-order valence-electron chi connectivity index (χ4n) is 1.11. The number of amides is 1. The molecular weight excluding hydrogens is 198 g/mol. The van der Waals surface area contributed by atoms with Gasteiger partial charge in [-0.25, -0.2) is 0 Å². The lowest BCUT2D eigenvalue weighted by atomic mass is 9.86. The molecule has 0 aliphatic rings. The van der Waals surface area contributed by atoms with E-state index in [0.717, 1.165) is 6.41 Å². The van der Waals surface area contributed by atoms with Crippen molar-refractivity contribution in [1.29, 1.82) is 0 Å². The van der Waals surface area contributed by atoms with E-state index in [1.165, 1.54) is 16.0 Å². The molecule has 2 heteroatoms. The molecule has 0 aliphatic heterocycles. The summed E-state index contributed by atoms with van der Waals surface area (Å²) in [5.41, 5.74) is 3.04. The van der Waals surface area contributed by atoms with Crippen LogP contribution in [0.25, 0.3) is 0 Å². The van der Waals surface area contributed by atoms with Gasteiger partial charge >= 0.3 is 0 Å². The van der Waals surface area contributed by atoms with Crippen molar-refractivity contribution in [3.05, 3.63) is 35.4 Å². The molecule has 0 saturated heterocycles. The number of hydrogen-bond acceptors (Lipinski definition) is 1. The first-order valence-corrected chi connectivity index (χ1v) is 5.46. The van der Waals surface area contributed by atoms with Gasteiger partial charge in [0.1, 0.15) is 0 Å². The van der Waals surface area contributed by atoms with E-state index in [-0.39, 0.29) is 5.41 Å².